The molecule has 7 heteroatoms. The molecule has 0 aliphatic heterocycles. The van der Waals surface area contributed by atoms with Gasteiger partial charge in [-0.15, -0.1) is 0 Å². The summed E-state index contributed by atoms with van der Waals surface area (Å²) in [6.07, 6.45) is 1.89. The molecule has 116 valence electrons. The van der Waals surface area contributed by atoms with Gasteiger partial charge in [0.1, 0.15) is 0 Å². The normalized spacial score (nSPS) is 12.9. The molecule has 1 fully saturated rings. The SMILES string of the molecule is CCOc1cc(C#N)ccc1OCC(=O)NC(=O)NC1CC1. The fraction of sp³-hybridized carbons (Fsp3) is 0.400. The topological polar surface area (TPSA) is 100 Å². The molecule has 2 N–H and O–H groups in total. The lowest BCUT2D eigenvalue weighted by Crippen LogP contribution is -2.42. The van der Waals surface area contributed by atoms with E-state index in [9.17, 15) is 9.59 Å². The summed E-state index contributed by atoms with van der Waals surface area (Å²) in [7, 11) is 0. The van der Waals surface area contributed by atoms with Crippen LogP contribution in [-0.4, -0.2) is 31.2 Å². The average molecular weight is 303 g/mol. The van der Waals surface area contributed by atoms with Crippen LogP contribution in [0, 0.1) is 11.3 Å². The molecule has 1 aliphatic rings. The third kappa shape index (κ3) is 4.66. The van der Waals surface area contributed by atoms with Gasteiger partial charge in [-0.2, -0.15) is 5.26 Å². The first-order chi connectivity index (χ1) is 10.6. The van der Waals surface area contributed by atoms with Gasteiger partial charge in [-0.1, -0.05) is 0 Å². The predicted molar refractivity (Wildman–Crippen MR) is 77.5 cm³/mol. The van der Waals surface area contributed by atoms with E-state index in [0.29, 0.717) is 23.7 Å². The van der Waals surface area contributed by atoms with Crippen LogP contribution in [0.5, 0.6) is 11.5 Å². The number of hydrogen-bond donors (Lipinski definition) is 2. The van der Waals surface area contributed by atoms with E-state index >= 15 is 0 Å². The Bertz CT molecular complexity index is 605. The van der Waals surface area contributed by atoms with Gasteiger partial charge in [0.25, 0.3) is 5.91 Å². The minimum absolute atomic E-state index is 0.178. The van der Waals surface area contributed by atoms with Crippen LogP contribution in [0.2, 0.25) is 0 Å². The van der Waals surface area contributed by atoms with E-state index in [1.807, 2.05) is 6.07 Å². The Morgan fingerprint density at radius 2 is 2.09 bits per heavy atom. The van der Waals surface area contributed by atoms with Gasteiger partial charge in [-0.25, -0.2) is 4.79 Å². The lowest BCUT2D eigenvalue weighted by molar-refractivity contribution is -0.122. The van der Waals surface area contributed by atoms with Crippen molar-refractivity contribution < 1.29 is 19.1 Å². The van der Waals surface area contributed by atoms with Crippen molar-refractivity contribution in [2.45, 2.75) is 25.8 Å². The minimum atomic E-state index is -0.551. The van der Waals surface area contributed by atoms with E-state index < -0.39 is 11.9 Å². The van der Waals surface area contributed by atoms with Gasteiger partial charge in [-0.3, -0.25) is 10.1 Å². The number of carbonyl (C=O) groups is 2. The summed E-state index contributed by atoms with van der Waals surface area (Å²) in [5, 5.41) is 13.7. The van der Waals surface area contributed by atoms with E-state index in [0.717, 1.165) is 12.8 Å². The molecule has 0 atom stereocenters. The Balaban J connectivity index is 1.88. The third-order valence-electron chi connectivity index (χ3n) is 2.90. The number of nitrogens with zero attached hydrogens (tertiary/aromatic N) is 1. The zero-order valence-electron chi connectivity index (χ0n) is 12.2. The summed E-state index contributed by atoms with van der Waals surface area (Å²) in [6, 6.07) is 6.32. The van der Waals surface area contributed by atoms with Crippen LogP contribution >= 0.6 is 0 Å². The fourth-order valence-electron chi connectivity index (χ4n) is 1.72. The van der Waals surface area contributed by atoms with Gasteiger partial charge in [0.05, 0.1) is 18.2 Å². The molecule has 0 unspecified atom stereocenters. The zero-order chi connectivity index (χ0) is 15.9. The van der Waals surface area contributed by atoms with Crippen molar-refractivity contribution in [1.29, 1.82) is 5.26 Å². The molecule has 1 saturated carbocycles. The number of amides is 3. The Kier molecular flexibility index (Phi) is 5.20. The van der Waals surface area contributed by atoms with Gasteiger partial charge >= 0.3 is 6.03 Å². The number of benzene rings is 1. The van der Waals surface area contributed by atoms with Crippen LogP contribution < -0.4 is 20.1 Å². The summed E-state index contributed by atoms with van der Waals surface area (Å²) in [4.78, 5) is 23.0. The Morgan fingerprint density at radius 3 is 2.73 bits per heavy atom. The van der Waals surface area contributed by atoms with Crippen LogP contribution in [0.25, 0.3) is 0 Å². The summed E-state index contributed by atoms with van der Waals surface area (Å²) in [6.45, 7) is 1.89. The maximum Gasteiger partial charge on any atom is 0.321 e. The lowest BCUT2D eigenvalue weighted by Gasteiger charge is -2.12. The summed E-state index contributed by atoms with van der Waals surface area (Å²) >= 11 is 0. The summed E-state index contributed by atoms with van der Waals surface area (Å²) in [5.74, 6) is 0.181. The number of hydrogen-bond acceptors (Lipinski definition) is 5. The number of urea groups is 1. The second-order valence-corrected chi connectivity index (χ2v) is 4.79. The second kappa shape index (κ2) is 7.31. The van der Waals surface area contributed by atoms with Gasteiger partial charge in [0, 0.05) is 12.1 Å². The number of nitrogens with one attached hydrogen (secondary N) is 2. The fourth-order valence-corrected chi connectivity index (χ4v) is 1.72. The molecule has 3 amide bonds. The number of ether oxygens (including phenoxy) is 2. The van der Waals surface area contributed by atoms with E-state index in [-0.39, 0.29) is 12.6 Å². The number of nitriles is 1. The number of carbonyl (C=O) groups excluding carboxylic acids is 2. The molecule has 22 heavy (non-hydrogen) atoms. The van der Waals surface area contributed by atoms with Gasteiger partial charge in [-0.05, 0) is 31.9 Å². The van der Waals surface area contributed by atoms with E-state index in [2.05, 4.69) is 10.6 Å². The summed E-state index contributed by atoms with van der Waals surface area (Å²) < 4.78 is 10.7. The Morgan fingerprint density at radius 1 is 1.32 bits per heavy atom. The van der Waals surface area contributed by atoms with Crippen LogP contribution in [0.15, 0.2) is 18.2 Å². The maximum absolute atomic E-state index is 11.6. The van der Waals surface area contributed by atoms with Crippen LogP contribution in [0.1, 0.15) is 25.3 Å². The number of rotatable bonds is 6. The number of imide groups is 1. The average Bonchev–Trinajstić information content (AvgIpc) is 3.29. The molecule has 7 nitrogen and oxygen atoms in total. The van der Waals surface area contributed by atoms with Gasteiger partial charge in [0.2, 0.25) is 0 Å². The van der Waals surface area contributed by atoms with Crippen molar-refractivity contribution in [1.82, 2.24) is 10.6 Å². The van der Waals surface area contributed by atoms with Crippen molar-refractivity contribution in [3.05, 3.63) is 23.8 Å². The van der Waals surface area contributed by atoms with Crippen molar-refractivity contribution in [3.63, 3.8) is 0 Å². The van der Waals surface area contributed by atoms with E-state index in [1.54, 1.807) is 19.1 Å². The molecule has 0 bridgehead atoms. The smallest absolute Gasteiger partial charge is 0.321 e. The third-order valence-corrected chi connectivity index (χ3v) is 2.90. The molecule has 0 radical (unpaired) electrons. The van der Waals surface area contributed by atoms with E-state index in [4.69, 9.17) is 14.7 Å². The maximum atomic E-state index is 11.6. The first kappa shape index (κ1) is 15.6. The zero-order valence-corrected chi connectivity index (χ0v) is 12.2. The molecular formula is C15H17N3O4. The van der Waals surface area contributed by atoms with E-state index in [1.165, 1.54) is 6.07 Å². The molecule has 2 rings (SSSR count). The second-order valence-electron chi connectivity index (χ2n) is 4.79. The van der Waals surface area contributed by atoms with Crippen molar-refractivity contribution in [2.75, 3.05) is 13.2 Å². The Labute approximate surface area is 128 Å². The predicted octanol–water partition coefficient (Wildman–Crippen LogP) is 1.32. The molecule has 0 heterocycles. The largest absolute Gasteiger partial charge is 0.490 e. The molecule has 1 aromatic carbocycles. The highest BCUT2D eigenvalue weighted by Crippen LogP contribution is 2.28. The first-order valence-corrected chi connectivity index (χ1v) is 7.02. The lowest BCUT2D eigenvalue weighted by atomic mass is 10.2. The first-order valence-electron chi connectivity index (χ1n) is 7.02. The standard InChI is InChI=1S/C15H17N3O4/c1-2-21-13-7-10(8-16)3-6-12(13)22-9-14(19)18-15(20)17-11-4-5-11/h3,6-7,11H,2,4-5,9H2,1H3,(H2,17,18,19,20). The van der Waals surface area contributed by atoms with Crippen molar-refractivity contribution >= 4 is 11.9 Å². The minimum Gasteiger partial charge on any atom is -0.490 e. The highest BCUT2D eigenvalue weighted by molar-refractivity contribution is 5.95. The van der Waals surface area contributed by atoms with Crippen molar-refractivity contribution in [2.24, 2.45) is 0 Å². The van der Waals surface area contributed by atoms with Gasteiger partial charge < -0.3 is 14.8 Å². The molecule has 0 saturated heterocycles. The van der Waals surface area contributed by atoms with Gasteiger partial charge in [0.15, 0.2) is 18.1 Å². The summed E-state index contributed by atoms with van der Waals surface area (Å²) in [5.41, 5.74) is 0.434. The monoisotopic (exact) mass is 303 g/mol. The molecule has 1 aromatic rings. The highest BCUT2D eigenvalue weighted by atomic mass is 16.5. The van der Waals surface area contributed by atoms with Crippen LogP contribution in [0.4, 0.5) is 4.79 Å². The highest BCUT2D eigenvalue weighted by Gasteiger charge is 2.24. The molecule has 0 aromatic heterocycles. The van der Waals surface area contributed by atoms with Crippen LogP contribution in [0.3, 0.4) is 0 Å². The van der Waals surface area contributed by atoms with Crippen molar-refractivity contribution in [3.8, 4) is 17.6 Å². The van der Waals surface area contributed by atoms with Crippen LogP contribution in [-0.2, 0) is 4.79 Å². The molecule has 1 aliphatic carbocycles. The quantitative estimate of drug-likeness (QED) is 0.825. The Hall–Kier alpha value is -2.75. The molecular weight excluding hydrogens is 286 g/mol. The molecule has 0 spiro atoms.